The summed E-state index contributed by atoms with van der Waals surface area (Å²) < 4.78 is 13.6. The largest absolute Gasteiger partial charge is 0.326 e. The maximum Gasteiger partial charge on any atom is 0.132 e. The smallest absolute Gasteiger partial charge is 0.132 e. The molecule has 1 heterocycles. The minimum atomic E-state index is -0.251. The predicted molar refractivity (Wildman–Crippen MR) is 62.3 cm³/mol. The van der Waals surface area contributed by atoms with Crippen molar-refractivity contribution in [3.8, 4) is 11.3 Å². The van der Waals surface area contributed by atoms with Crippen LogP contribution >= 0.6 is 0 Å². The second-order valence-electron chi connectivity index (χ2n) is 3.74. The minimum absolute atomic E-state index is 0.251. The molecule has 0 aliphatic rings. The fourth-order valence-electron chi connectivity index (χ4n) is 1.54. The Morgan fingerprint density at radius 2 is 2.06 bits per heavy atom. The molecule has 0 unspecified atom stereocenters. The third-order valence-corrected chi connectivity index (χ3v) is 2.46. The highest BCUT2D eigenvalue weighted by molar-refractivity contribution is 5.60. The first-order valence-corrected chi connectivity index (χ1v) is 5.12. The van der Waals surface area contributed by atoms with Crippen LogP contribution in [-0.2, 0) is 6.54 Å². The van der Waals surface area contributed by atoms with Crippen LogP contribution in [0.15, 0.2) is 36.5 Å². The number of rotatable bonds is 2. The Balaban J connectivity index is 2.45. The van der Waals surface area contributed by atoms with Crippen LogP contribution < -0.4 is 5.73 Å². The Morgan fingerprint density at radius 1 is 1.25 bits per heavy atom. The molecule has 0 radical (unpaired) electrons. The Bertz CT molecular complexity index is 492. The number of hydrogen-bond acceptors (Lipinski definition) is 2. The molecule has 0 atom stereocenters. The van der Waals surface area contributed by atoms with Crippen molar-refractivity contribution in [2.75, 3.05) is 0 Å². The van der Waals surface area contributed by atoms with E-state index in [9.17, 15) is 4.39 Å². The molecule has 1 aromatic heterocycles. The fourth-order valence-corrected chi connectivity index (χ4v) is 1.54. The summed E-state index contributed by atoms with van der Waals surface area (Å²) in [4.78, 5) is 4.20. The fraction of sp³-hybridized carbons (Fsp3) is 0.154. The van der Waals surface area contributed by atoms with E-state index in [2.05, 4.69) is 4.98 Å². The van der Waals surface area contributed by atoms with E-state index in [0.717, 1.165) is 11.1 Å². The number of nitrogens with two attached hydrogens (primary N) is 1. The molecule has 2 N–H and O–H groups in total. The van der Waals surface area contributed by atoms with Gasteiger partial charge in [0.05, 0.1) is 5.69 Å². The number of hydrogen-bond donors (Lipinski definition) is 1. The van der Waals surface area contributed by atoms with Gasteiger partial charge < -0.3 is 5.73 Å². The van der Waals surface area contributed by atoms with Crippen LogP contribution in [0.4, 0.5) is 4.39 Å². The summed E-state index contributed by atoms with van der Waals surface area (Å²) >= 11 is 0. The first kappa shape index (κ1) is 10.8. The first-order chi connectivity index (χ1) is 7.70. The van der Waals surface area contributed by atoms with Gasteiger partial charge in [-0.3, -0.25) is 4.98 Å². The van der Waals surface area contributed by atoms with Gasteiger partial charge >= 0.3 is 0 Å². The molecule has 0 bridgehead atoms. The molecule has 0 aliphatic carbocycles. The maximum atomic E-state index is 13.6. The molecular weight excluding hydrogens is 203 g/mol. The zero-order chi connectivity index (χ0) is 11.5. The molecule has 0 spiro atoms. The van der Waals surface area contributed by atoms with E-state index in [1.807, 2.05) is 13.0 Å². The van der Waals surface area contributed by atoms with Gasteiger partial charge in [0, 0.05) is 18.3 Å². The van der Waals surface area contributed by atoms with E-state index in [0.29, 0.717) is 17.8 Å². The second-order valence-corrected chi connectivity index (χ2v) is 3.74. The van der Waals surface area contributed by atoms with Gasteiger partial charge in [0.2, 0.25) is 0 Å². The average Bonchev–Trinajstić information content (AvgIpc) is 2.32. The van der Waals surface area contributed by atoms with Crippen molar-refractivity contribution < 1.29 is 4.39 Å². The first-order valence-electron chi connectivity index (χ1n) is 5.12. The molecule has 16 heavy (non-hydrogen) atoms. The Morgan fingerprint density at radius 3 is 2.69 bits per heavy atom. The summed E-state index contributed by atoms with van der Waals surface area (Å²) in [5.74, 6) is -0.251. The standard InChI is InChI=1S/C13H13FN2/c1-9-2-4-12(14)11(6-9)13-5-3-10(7-15)8-16-13/h2-6,8H,7,15H2,1H3. The monoisotopic (exact) mass is 216 g/mol. The van der Waals surface area contributed by atoms with Gasteiger partial charge in [0.25, 0.3) is 0 Å². The van der Waals surface area contributed by atoms with Gasteiger partial charge in [-0.25, -0.2) is 4.39 Å². The highest BCUT2D eigenvalue weighted by Gasteiger charge is 2.06. The van der Waals surface area contributed by atoms with Crippen molar-refractivity contribution in [1.29, 1.82) is 0 Å². The number of benzene rings is 1. The van der Waals surface area contributed by atoms with Crippen molar-refractivity contribution in [2.24, 2.45) is 5.73 Å². The second kappa shape index (κ2) is 4.41. The third-order valence-electron chi connectivity index (χ3n) is 2.46. The lowest BCUT2D eigenvalue weighted by molar-refractivity contribution is 0.630. The third kappa shape index (κ3) is 2.09. The molecule has 0 amide bonds. The summed E-state index contributed by atoms with van der Waals surface area (Å²) in [6.07, 6.45) is 1.68. The van der Waals surface area contributed by atoms with E-state index >= 15 is 0 Å². The van der Waals surface area contributed by atoms with Gasteiger partial charge in [0.15, 0.2) is 0 Å². The lowest BCUT2D eigenvalue weighted by atomic mass is 10.1. The SMILES string of the molecule is Cc1ccc(F)c(-c2ccc(CN)cn2)c1. The molecule has 2 aromatic rings. The highest BCUT2D eigenvalue weighted by Crippen LogP contribution is 2.21. The lowest BCUT2D eigenvalue weighted by Gasteiger charge is -2.04. The van der Waals surface area contributed by atoms with Crippen LogP contribution in [-0.4, -0.2) is 4.98 Å². The molecule has 3 heteroatoms. The van der Waals surface area contributed by atoms with Crippen LogP contribution in [0.2, 0.25) is 0 Å². The van der Waals surface area contributed by atoms with E-state index in [1.165, 1.54) is 6.07 Å². The Labute approximate surface area is 93.9 Å². The molecule has 0 fully saturated rings. The number of nitrogens with zero attached hydrogens (tertiary/aromatic N) is 1. The molecule has 2 nitrogen and oxygen atoms in total. The molecular formula is C13H13FN2. The van der Waals surface area contributed by atoms with Crippen molar-refractivity contribution in [2.45, 2.75) is 13.5 Å². The molecule has 0 saturated heterocycles. The average molecular weight is 216 g/mol. The summed E-state index contributed by atoms with van der Waals surface area (Å²) in [6, 6.07) is 8.65. The van der Waals surface area contributed by atoms with Crippen LogP contribution in [0.1, 0.15) is 11.1 Å². The van der Waals surface area contributed by atoms with E-state index in [1.54, 1.807) is 24.4 Å². The quantitative estimate of drug-likeness (QED) is 0.838. The topological polar surface area (TPSA) is 38.9 Å². The summed E-state index contributed by atoms with van der Waals surface area (Å²) in [5.41, 5.74) is 8.60. The van der Waals surface area contributed by atoms with Gasteiger partial charge in [-0.2, -0.15) is 0 Å². The molecule has 1 aromatic carbocycles. The van der Waals surface area contributed by atoms with Crippen LogP contribution in [0, 0.1) is 12.7 Å². The molecule has 0 aliphatic heterocycles. The number of aromatic nitrogens is 1. The lowest BCUT2D eigenvalue weighted by Crippen LogP contribution is -1.97. The van der Waals surface area contributed by atoms with E-state index < -0.39 is 0 Å². The summed E-state index contributed by atoms with van der Waals surface area (Å²) in [7, 11) is 0. The highest BCUT2D eigenvalue weighted by atomic mass is 19.1. The number of aryl methyl sites for hydroxylation is 1. The van der Waals surface area contributed by atoms with E-state index in [4.69, 9.17) is 5.73 Å². The van der Waals surface area contributed by atoms with Gasteiger partial charge in [-0.15, -0.1) is 0 Å². The van der Waals surface area contributed by atoms with Gasteiger partial charge in [-0.05, 0) is 30.7 Å². The Hall–Kier alpha value is -1.74. The van der Waals surface area contributed by atoms with Crippen molar-refractivity contribution in [1.82, 2.24) is 4.98 Å². The zero-order valence-electron chi connectivity index (χ0n) is 9.07. The minimum Gasteiger partial charge on any atom is -0.326 e. The van der Waals surface area contributed by atoms with Crippen LogP contribution in [0.5, 0.6) is 0 Å². The number of pyridine rings is 1. The molecule has 0 saturated carbocycles. The van der Waals surface area contributed by atoms with Crippen LogP contribution in [0.25, 0.3) is 11.3 Å². The maximum absolute atomic E-state index is 13.6. The van der Waals surface area contributed by atoms with Gasteiger partial charge in [-0.1, -0.05) is 17.7 Å². The summed E-state index contributed by atoms with van der Waals surface area (Å²) in [6.45, 7) is 2.38. The normalized spacial score (nSPS) is 10.4. The van der Waals surface area contributed by atoms with E-state index in [-0.39, 0.29) is 5.82 Å². The predicted octanol–water partition coefficient (Wildman–Crippen LogP) is 2.65. The number of halogens is 1. The van der Waals surface area contributed by atoms with Gasteiger partial charge in [0.1, 0.15) is 5.82 Å². The van der Waals surface area contributed by atoms with Crippen LogP contribution in [0.3, 0.4) is 0 Å². The van der Waals surface area contributed by atoms with Crippen molar-refractivity contribution in [3.05, 3.63) is 53.5 Å². The molecule has 2 rings (SSSR count). The zero-order valence-corrected chi connectivity index (χ0v) is 9.07. The molecule has 82 valence electrons. The Kier molecular flexibility index (Phi) is 2.97. The summed E-state index contributed by atoms with van der Waals surface area (Å²) in [5, 5.41) is 0. The van der Waals surface area contributed by atoms with Crippen molar-refractivity contribution >= 4 is 0 Å². The van der Waals surface area contributed by atoms with Crippen molar-refractivity contribution in [3.63, 3.8) is 0 Å².